The lowest BCUT2D eigenvalue weighted by atomic mass is 10.3. The maximum absolute atomic E-state index is 13.3. The molecule has 0 spiro atoms. The highest BCUT2D eigenvalue weighted by Gasteiger charge is 2.33. The van der Waals surface area contributed by atoms with Gasteiger partial charge < -0.3 is 10.1 Å². The third-order valence-corrected chi connectivity index (χ3v) is 3.66. The van der Waals surface area contributed by atoms with Crippen LogP contribution in [0.15, 0.2) is 30.7 Å². The summed E-state index contributed by atoms with van der Waals surface area (Å²) >= 11 is 0. The maximum Gasteiger partial charge on any atom is 0.432 e. The van der Waals surface area contributed by atoms with Crippen LogP contribution in [0.3, 0.4) is 0 Å². The first kappa shape index (κ1) is 20.9. The van der Waals surface area contributed by atoms with Gasteiger partial charge in [0.05, 0.1) is 49.3 Å². The van der Waals surface area contributed by atoms with Gasteiger partial charge in [0.15, 0.2) is 5.82 Å². The van der Waals surface area contributed by atoms with Crippen molar-refractivity contribution in [1.82, 2.24) is 25.1 Å². The van der Waals surface area contributed by atoms with Crippen LogP contribution >= 0.6 is 0 Å². The highest BCUT2D eigenvalue weighted by atomic mass is 19.4. The smallest absolute Gasteiger partial charge is 0.432 e. The number of amides is 2. The Kier molecular flexibility index (Phi) is 5.75. The third kappa shape index (κ3) is 4.76. The lowest BCUT2D eigenvalue weighted by Crippen LogP contribution is -2.35. The summed E-state index contributed by atoms with van der Waals surface area (Å²) in [7, 11) is 1.32. The van der Waals surface area contributed by atoms with E-state index in [1.54, 1.807) is 0 Å². The Bertz CT molecular complexity index is 1040. The molecule has 3 aromatic heterocycles. The molecular weight excluding hydrogens is 417 g/mol. The van der Waals surface area contributed by atoms with Crippen LogP contribution in [0.5, 0.6) is 6.01 Å². The van der Waals surface area contributed by atoms with Crippen LogP contribution in [-0.2, 0) is 12.7 Å². The Hall–Kier alpha value is -3.84. The second-order valence-electron chi connectivity index (χ2n) is 5.71. The molecule has 2 N–H and O–H groups in total. The molecule has 0 aliphatic heterocycles. The molecule has 3 rings (SSSR count). The largest absolute Gasteiger partial charge is 0.467 e. The Labute approximate surface area is 164 Å². The average Bonchev–Trinajstić information content (AvgIpc) is 3.18. The molecule has 9 nitrogen and oxygen atoms in total. The van der Waals surface area contributed by atoms with Gasteiger partial charge in [0.1, 0.15) is 5.69 Å². The van der Waals surface area contributed by atoms with Crippen molar-refractivity contribution in [3.63, 3.8) is 0 Å². The van der Waals surface area contributed by atoms with Crippen molar-refractivity contribution in [1.29, 1.82) is 0 Å². The van der Waals surface area contributed by atoms with Crippen molar-refractivity contribution < 1.29 is 31.5 Å². The van der Waals surface area contributed by atoms with E-state index in [0.29, 0.717) is 6.07 Å². The first-order valence-electron chi connectivity index (χ1n) is 8.04. The fraction of sp³-hybridized carbons (Fsp3) is 0.188. The number of aromatic nitrogens is 5. The number of methoxy groups -OCH3 is 1. The number of carbonyl (C=O) groups is 1. The van der Waals surface area contributed by atoms with E-state index in [1.165, 1.54) is 19.5 Å². The van der Waals surface area contributed by atoms with Crippen molar-refractivity contribution in [2.75, 3.05) is 17.3 Å². The van der Waals surface area contributed by atoms with E-state index in [1.807, 2.05) is 5.10 Å². The van der Waals surface area contributed by atoms with Crippen LogP contribution < -0.4 is 15.0 Å². The summed E-state index contributed by atoms with van der Waals surface area (Å²) in [6.07, 6.45) is -1.41. The number of alkyl halides is 3. The Morgan fingerprint density at radius 2 is 1.87 bits per heavy atom. The van der Waals surface area contributed by atoms with Crippen LogP contribution in [0.2, 0.25) is 0 Å². The molecule has 0 atom stereocenters. The molecule has 0 aliphatic rings. The van der Waals surface area contributed by atoms with E-state index in [0.717, 1.165) is 17.2 Å². The van der Waals surface area contributed by atoms with Crippen LogP contribution in [0.4, 0.5) is 38.1 Å². The van der Waals surface area contributed by atoms with Crippen molar-refractivity contribution in [3.8, 4) is 6.01 Å². The highest BCUT2D eigenvalue weighted by molar-refractivity contribution is 6.01. The van der Waals surface area contributed by atoms with Crippen molar-refractivity contribution in [2.45, 2.75) is 12.7 Å². The second kappa shape index (κ2) is 8.26. The summed E-state index contributed by atoms with van der Waals surface area (Å²) in [5.74, 6) is -2.65. The number of urea groups is 1. The van der Waals surface area contributed by atoms with Gasteiger partial charge in [-0.2, -0.15) is 22.7 Å². The van der Waals surface area contributed by atoms with E-state index < -0.39 is 36.2 Å². The molecule has 0 unspecified atom stereocenters. The SMILES string of the molecule is COc1ncc(N(Cc2cc(C(F)(F)F)[nH]n2)C(=O)Nc2cnc(F)c(F)c2)cn1. The topological polar surface area (TPSA) is 109 Å². The second-order valence-corrected chi connectivity index (χ2v) is 5.71. The summed E-state index contributed by atoms with van der Waals surface area (Å²) < 4.78 is 69.5. The predicted octanol–water partition coefficient (Wildman–Crippen LogP) is 3.14. The molecule has 0 saturated heterocycles. The Morgan fingerprint density at radius 1 is 1.17 bits per heavy atom. The summed E-state index contributed by atoms with van der Waals surface area (Å²) in [6, 6.07) is 0.499. The molecule has 3 aromatic rings. The lowest BCUT2D eigenvalue weighted by molar-refractivity contribution is -0.141. The molecule has 14 heteroatoms. The van der Waals surface area contributed by atoms with Gasteiger partial charge in [0, 0.05) is 6.07 Å². The van der Waals surface area contributed by atoms with Gasteiger partial charge in [-0.1, -0.05) is 0 Å². The summed E-state index contributed by atoms with van der Waals surface area (Å²) in [5.41, 5.74) is -1.35. The van der Waals surface area contributed by atoms with E-state index in [-0.39, 0.29) is 23.1 Å². The molecule has 0 radical (unpaired) electrons. The molecule has 3 heterocycles. The Balaban J connectivity index is 1.88. The average molecular weight is 429 g/mol. The van der Waals surface area contributed by atoms with Gasteiger partial charge in [0.2, 0.25) is 5.95 Å². The lowest BCUT2D eigenvalue weighted by Gasteiger charge is -2.21. The number of ether oxygens (including phenoxy) is 1. The Morgan fingerprint density at radius 3 is 2.43 bits per heavy atom. The summed E-state index contributed by atoms with van der Waals surface area (Å²) in [5, 5.41) is 7.65. The van der Waals surface area contributed by atoms with Crippen molar-refractivity contribution >= 4 is 17.4 Å². The molecule has 0 aliphatic carbocycles. The number of hydrogen-bond donors (Lipinski definition) is 2. The molecule has 2 amide bonds. The predicted molar refractivity (Wildman–Crippen MR) is 91.5 cm³/mol. The number of hydrogen-bond acceptors (Lipinski definition) is 6. The first-order chi connectivity index (χ1) is 14.2. The molecule has 0 saturated carbocycles. The molecule has 0 aromatic carbocycles. The van der Waals surface area contributed by atoms with Crippen LogP contribution in [0.1, 0.15) is 11.4 Å². The minimum atomic E-state index is -4.65. The maximum atomic E-state index is 13.3. The van der Waals surface area contributed by atoms with Crippen LogP contribution in [0.25, 0.3) is 0 Å². The van der Waals surface area contributed by atoms with Gasteiger partial charge >= 0.3 is 18.2 Å². The highest BCUT2D eigenvalue weighted by Crippen LogP contribution is 2.28. The standard InChI is InChI=1S/C16H12F5N7O2/c1-30-14-23-5-10(6-24-14)28(7-9-3-12(27-26-9)16(19,20)21)15(29)25-8-2-11(17)13(18)22-4-8/h2-6H,7H2,1H3,(H,25,29)(H,26,27). The number of anilines is 2. The number of halogens is 5. The molecular formula is C16H12F5N7O2. The number of nitrogens with one attached hydrogen (secondary N) is 2. The zero-order valence-corrected chi connectivity index (χ0v) is 15.0. The fourth-order valence-corrected chi connectivity index (χ4v) is 2.27. The number of pyridine rings is 1. The van der Waals surface area contributed by atoms with Crippen LogP contribution in [0, 0.1) is 11.8 Å². The quantitative estimate of drug-likeness (QED) is 0.477. The number of nitrogens with zero attached hydrogens (tertiary/aromatic N) is 5. The summed E-state index contributed by atoms with van der Waals surface area (Å²) in [4.78, 5) is 24.4. The first-order valence-corrected chi connectivity index (χ1v) is 8.04. The van der Waals surface area contributed by atoms with E-state index in [2.05, 4.69) is 25.4 Å². The van der Waals surface area contributed by atoms with Gasteiger partial charge in [-0.15, -0.1) is 0 Å². The van der Waals surface area contributed by atoms with Gasteiger partial charge in [0.25, 0.3) is 0 Å². The minimum Gasteiger partial charge on any atom is -0.467 e. The van der Waals surface area contributed by atoms with Crippen molar-refractivity contribution in [3.05, 3.63) is 53.9 Å². The zero-order valence-electron chi connectivity index (χ0n) is 15.0. The number of carbonyl (C=O) groups excluding carboxylic acids is 1. The third-order valence-electron chi connectivity index (χ3n) is 3.66. The van der Waals surface area contributed by atoms with Crippen molar-refractivity contribution in [2.24, 2.45) is 0 Å². The normalized spacial score (nSPS) is 11.3. The van der Waals surface area contributed by atoms with E-state index in [9.17, 15) is 26.7 Å². The zero-order chi connectivity index (χ0) is 21.9. The monoisotopic (exact) mass is 429 g/mol. The van der Waals surface area contributed by atoms with E-state index in [4.69, 9.17) is 4.74 Å². The minimum absolute atomic E-state index is 0.0111. The van der Waals surface area contributed by atoms with Gasteiger partial charge in [-0.3, -0.25) is 10.00 Å². The molecule has 0 bridgehead atoms. The van der Waals surface area contributed by atoms with Crippen LogP contribution in [-0.4, -0.2) is 38.3 Å². The fourth-order valence-electron chi connectivity index (χ4n) is 2.27. The summed E-state index contributed by atoms with van der Waals surface area (Å²) in [6.45, 7) is -0.425. The molecule has 0 fully saturated rings. The van der Waals surface area contributed by atoms with Gasteiger partial charge in [-0.05, 0) is 6.07 Å². The number of rotatable bonds is 5. The van der Waals surface area contributed by atoms with Gasteiger partial charge in [-0.25, -0.2) is 24.1 Å². The van der Waals surface area contributed by atoms with E-state index >= 15 is 0 Å². The molecule has 30 heavy (non-hydrogen) atoms. The molecule has 158 valence electrons. The number of H-pyrrole nitrogens is 1. The number of aromatic amines is 1.